The van der Waals surface area contributed by atoms with Crippen LogP contribution >= 0.6 is 0 Å². The third-order valence-electron chi connectivity index (χ3n) is 4.08. The second-order valence-corrected chi connectivity index (χ2v) is 8.07. The first-order valence-corrected chi connectivity index (χ1v) is 10.3. The zero-order valence-electron chi connectivity index (χ0n) is 15.5. The molecule has 0 aliphatic heterocycles. The molecule has 28 heavy (non-hydrogen) atoms. The Bertz CT molecular complexity index is 910. The smallest absolute Gasteiger partial charge is 0.344 e. The maximum atomic E-state index is 12.7. The number of carbonyl (C=O) groups is 1. The largest absolute Gasteiger partial charge is 0.479 e. The fourth-order valence-corrected chi connectivity index (χ4v) is 3.83. The molecule has 2 rings (SSSR count). The van der Waals surface area contributed by atoms with Crippen LogP contribution in [0, 0.1) is 0 Å². The second kappa shape index (κ2) is 9.84. The molecule has 8 nitrogen and oxygen atoms in total. The monoisotopic (exact) mass is 405 g/mol. The van der Waals surface area contributed by atoms with E-state index in [0.29, 0.717) is 17.9 Å². The van der Waals surface area contributed by atoms with Gasteiger partial charge in [0.1, 0.15) is 5.75 Å². The maximum absolute atomic E-state index is 12.7. The number of hydrogen-bond acceptors (Lipinski definition) is 6. The van der Waals surface area contributed by atoms with Crippen LogP contribution in [0.1, 0.15) is 32.6 Å². The van der Waals surface area contributed by atoms with Crippen molar-refractivity contribution in [1.29, 1.82) is 0 Å². The van der Waals surface area contributed by atoms with Gasteiger partial charge in [-0.2, -0.15) is 0 Å². The van der Waals surface area contributed by atoms with Crippen molar-refractivity contribution < 1.29 is 23.1 Å². The van der Waals surface area contributed by atoms with E-state index in [1.807, 2.05) is 6.92 Å². The van der Waals surface area contributed by atoms with Gasteiger partial charge < -0.3 is 15.7 Å². The molecule has 9 heteroatoms. The summed E-state index contributed by atoms with van der Waals surface area (Å²) in [5.74, 6) is 4.24. The molecule has 0 amide bonds. The summed E-state index contributed by atoms with van der Waals surface area (Å²) in [5, 5.41) is 16.1. The van der Waals surface area contributed by atoms with Gasteiger partial charge in [0.25, 0.3) is 0 Å². The average molecular weight is 405 g/mol. The van der Waals surface area contributed by atoms with Crippen LogP contribution in [0.15, 0.2) is 68.7 Å². The van der Waals surface area contributed by atoms with E-state index in [9.17, 15) is 18.3 Å². The zero-order chi connectivity index (χ0) is 20.6. The highest BCUT2D eigenvalue weighted by Crippen LogP contribution is 2.25. The van der Waals surface area contributed by atoms with Gasteiger partial charge >= 0.3 is 5.97 Å². The first-order chi connectivity index (χ1) is 13.4. The summed E-state index contributed by atoms with van der Waals surface area (Å²) in [7, 11) is -3.73. The van der Waals surface area contributed by atoms with E-state index in [4.69, 9.17) is 10.6 Å². The molecule has 150 valence electrons. The van der Waals surface area contributed by atoms with E-state index in [0.717, 1.165) is 19.3 Å². The fraction of sp³-hybridized carbons (Fsp3) is 0.316. The van der Waals surface area contributed by atoms with Crippen molar-refractivity contribution in [3.8, 4) is 5.75 Å². The third kappa shape index (κ3) is 5.53. The number of ether oxygens (including phenoxy) is 1. The molecule has 0 saturated heterocycles. The summed E-state index contributed by atoms with van der Waals surface area (Å²) in [6.07, 6.45) is 2.10. The Morgan fingerprint density at radius 3 is 2.14 bits per heavy atom. The summed E-state index contributed by atoms with van der Waals surface area (Å²) in [5.41, 5.74) is 0.438. The van der Waals surface area contributed by atoms with E-state index in [-0.39, 0.29) is 9.79 Å². The van der Waals surface area contributed by atoms with Crippen LogP contribution in [0.5, 0.6) is 5.75 Å². The standard InChI is InChI=1S/C19H23N3O5S/c1-2-3-4-5-18(19(23)24)27-15-8-12-17(13-9-15)28(25,26)16-10-6-14(7-11-16)21-22-20/h6-13,18H,2-5H2,1H3,(H2,20,21)(H,23,24). The van der Waals surface area contributed by atoms with Gasteiger partial charge in [0.05, 0.1) is 15.5 Å². The summed E-state index contributed by atoms with van der Waals surface area (Å²) >= 11 is 0. The lowest BCUT2D eigenvalue weighted by Gasteiger charge is -2.15. The first kappa shape index (κ1) is 21.4. The molecule has 3 N–H and O–H groups in total. The van der Waals surface area contributed by atoms with Crippen LogP contribution in [0.4, 0.5) is 5.69 Å². The van der Waals surface area contributed by atoms with Crippen molar-refractivity contribution in [2.75, 3.05) is 0 Å². The molecule has 0 aromatic heterocycles. The highest BCUT2D eigenvalue weighted by atomic mass is 32.2. The molecular weight excluding hydrogens is 382 g/mol. The third-order valence-corrected chi connectivity index (χ3v) is 5.86. The molecule has 1 atom stereocenters. The Morgan fingerprint density at radius 2 is 1.64 bits per heavy atom. The molecular formula is C19H23N3O5S. The number of carboxylic acids is 1. The van der Waals surface area contributed by atoms with Gasteiger partial charge in [-0.15, -0.1) is 5.11 Å². The lowest BCUT2D eigenvalue weighted by atomic mass is 10.1. The minimum Gasteiger partial charge on any atom is -0.479 e. The highest BCUT2D eigenvalue weighted by Gasteiger charge is 2.21. The number of unbranched alkanes of at least 4 members (excludes halogenated alkanes) is 2. The average Bonchev–Trinajstić information content (AvgIpc) is 2.68. The van der Waals surface area contributed by atoms with Crippen LogP contribution < -0.4 is 10.6 Å². The predicted octanol–water partition coefficient (Wildman–Crippen LogP) is 3.89. The Labute approximate surface area is 163 Å². The van der Waals surface area contributed by atoms with E-state index in [2.05, 4.69) is 10.3 Å². The van der Waals surface area contributed by atoms with Gasteiger partial charge in [-0.3, -0.25) is 0 Å². The van der Waals surface area contributed by atoms with Gasteiger partial charge in [-0.05, 0) is 61.4 Å². The number of rotatable bonds is 10. The number of sulfone groups is 1. The lowest BCUT2D eigenvalue weighted by Crippen LogP contribution is -2.26. The molecule has 0 heterocycles. The molecule has 0 radical (unpaired) electrons. The number of nitrogens with zero attached hydrogens (tertiary/aromatic N) is 2. The van der Waals surface area contributed by atoms with Crippen LogP contribution in [0.3, 0.4) is 0 Å². The van der Waals surface area contributed by atoms with Crippen LogP contribution in [0.25, 0.3) is 0 Å². The minimum absolute atomic E-state index is 0.0749. The Balaban J connectivity index is 2.14. The Kier molecular flexibility index (Phi) is 7.51. The van der Waals surface area contributed by atoms with Crippen molar-refractivity contribution in [3.63, 3.8) is 0 Å². The van der Waals surface area contributed by atoms with Gasteiger partial charge in [0.2, 0.25) is 9.84 Å². The number of carboxylic acid groups (broad SMARTS) is 1. The maximum Gasteiger partial charge on any atom is 0.344 e. The molecule has 1 unspecified atom stereocenters. The molecule has 0 aliphatic carbocycles. The van der Waals surface area contributed by atoms with E-state index in [1.54, 1.807) is 0 Å². The van der Waals surface area contributed by atoms with Crippen molar-refractivity contribution in [1.82, 2.24) is 0 Å². The molecule has 0 aliphatic rings. The zero-order valence-corrected chi connectivity index (χ0v) is 16.3. The molecule has 0 bridgehead atoms. The molecule has 0 saturated carbocycles. The first-order valence-electron chi connectivity index (χ1n) is 8.84. The van der Waals surface area contributed by atoms with Crippen molar-refractivity contribution in [2.45, 2.75) is 48.5 Å². The topological polar surface area (TPSA) is 131 Å². The van der Waals surface area contributed by atoms with Gasteiger partial charge in [0.15, 0.2) is 6.10 Å². The normalized spacial score (nSPS) is 12.8. The van der Waals surface area contributed by atoms with Crippen molar-refractivity contribution >= 4 is 21.5 Å². The Hall–Kier alpha value is -2.94. The van der Waals surface area contributed by atoms with E-state index < -0.39 is 21.9 Å². The second-order valence-electron chi connectivity index (χ2n) is 6.12. The summed E-state index contributed by atoms with van der Waals surface area (Å²) in [6, 6.07) is 11.5. The number of nitrogens with two attached hydrogens (primary N) is 1. The summed E-state index contributed by atoms with van der Waals surface area (Å²) < 4.78 is 30.9. The van der Waals surface area contributed by atoms with Gasteiger partial charge in [-0.25, -0.2) is 13.2 Å². The van der Waals surface area contributed by atoms with Gasteiger partial charge in [0, 0.05) is 0 Å². The lowest BCUT2D eigenvalue weighted by molar-refractivity contribution is -0.145. The molecule has 0 spiro atoms. The SMILES string of the molecule is CCCCCC(Oc1ccc(S(=O)(=O)c2ccc(N=NN)cc2)cc1)C(=O)O. The number of aliphatic carboxylic acids is 1. The van der Waals surface area contributed by atoms with Crippen molar-refractivity contribution in [2.24, 2.45) is 16.2 Å². The van der Waals surface area contributed by atoms with Gasteiger partial charge in [-0.1, -0.05) is 25.0 Å². The molecule has 2 aromatic carbocycles. The Morgan fingerprint density at radius 1 is 1.07 bits per heavy atom. The number of benzene rings is 2. The summed E-state index contributed by atoms with van der Waals surface area (Å²) in [6.45, 7) is 2.03. The van der Waals surface area contributed by atoms with E-state index >= 15 is 0 Å². The predicted molar refractivity (Wildman–Crippen MR) is 103 cm³/mol. The molecule has 2 aromatic rings. The quantitative estimate of drug-likeness (QED) is 0.267. The van der Waals surface area contributed by atoms with E-state index in [1.165, 1.54) is 48.5 Å². The fourth-order valence-electron chi connectivity index (χ4n) is 2.57. The summed E-state index contributed by atoms with van der Waals surface area (Å²) in [4.78, 5) is 11.5. The molecule has 0 fully saturated rings. The number of hydrogen-bond donors (Lipinski definition) is 2. The highest BCUT2D eigenvalue weighted by molar-refractivity contribution is 7.91. The van der Waals surface area contributed by atoms with Crippen LogP contribution in [-0.4, -0.2) is 25.6 Å². The van der Waals surface area contributed by atoms with Crippen LogP contribution in [-0.2, 0) is 14.6 Å². The van der Waals surface area contributed by atoms with Crippen molar-refractivity contribution in [3.05, 3.63) is 48.5 Å². The van der Waals surface area contributed by atoms with Crippen LogP contribution in [0.2, 0.25) is 0 Å². The minimum atomic E-state index is -3.73.